The summed E-state index contributed by atoms with van der Waals surface area (Å²) in [5.74, 6) is 0. The van der Waals surface area contributed by atoms with Crippen LogP contribution in [0.15, 0.2) is 0 Å². The van der Waals surface area contributed by atoms with E-state index in [9.17, 15) is 0 Å². The molecule has 0 aromatic rings. The van der Waals surface area contributed by atoms with Crippen LogP contribution in [0.25, 0.3) is 0 Å². The van der Waals surface area contributed by atoms with Crippen molar-refractivity contribution in [2.75, 3.05) is 33.7 Å². The highest BCUT2D eigenvalue weighted by atomic mass is 16.3. The maximum Gasteiger partial charge on any atom is 0.0638 e. The van der Waals surface area contributed by atoms with Gasteiger partial charge in [0, 0.05) is 19.6 Å². The Kier molecular flexibility index (Phi) is 12.8. The van der Waals surface area contributed by atoms with Crippen molar-refractivity contribution in [2.24, 2.45) is 0 Å². The van der Waals surface area contributed by atoms with E-state index in [1.165, 1.54) is 0 Å². The lowest BCUT2D eigenvalue weighted by atomic mass is 10.3. The van der Waals surface area contributed by atoms with Crippen molar-refractivity contribution in [3.8, 4) is 0 Å². The molecule has 3 atom stereocenters. The monoisotopic (exact) mass is 236 g/mol. The van der Waals surface area contributed by atoms with E-state index < -0.39 is 0 Å². The fraction of sp³-hybridized carbons (Fsp3) is 1.00. The molecule has 0 heterocycles. The summed E-state index contributed by atoms with van der Waals surface area (Å²) in [5.41, 5.74) is 0. The van der Waals surface area contributed by atoms with Crippen LogP contribution in [-0.4, -0.2) is 72.3 Å². The van der Waals surface area contributed by atoms with Crippen molar-refractivity contribution >= 4 is 0 Å². The molecule has 0 bridgehead atoms. The summed E-state index contributed by atoms with van der Waals surface area (Å²) in [6.07, 6.45) is -0.845. The molecule has 0 rings (SSSR count). The van der Waals surface area contributed by atoms with Gasteiger partial charge in [-0.3, -0.25) is 0 Å². The average Bonchev–Trinajstić information content (AvgIpc) is 2.00. The van der Waals surface area contributed by atoms with Crippen LogP contribution in [0, 0.1) is 0 Å². The Morgan fingerprint density at radius 1 is 0.938 bits per heavy atom. The number of aliphatic hydroxyl groups is 3. The highest BCUT2D eigenvalue weighted by Crippen LogP contribution is 1.90. The number of likely N-dealkylation sites (N-methyl/N-ethyl adjacent to an activating group) is 2. The van der Waals surface area contributed by atoms with Crippen molar-refractivity contribution in [3.05, 3.63) is 0 Å². The minimum absolute atomic E-state index is 0.213. The molecule has 0 fully saturated rings. The second-order valence-corrected chi connectivity index (χ2v) is 4.33. The van der Waals surface area contributed by atoms with Crippen LogP contribution >= 0.6 is 0 Å². The summed E-state index contributed by atoms with van der Waals surface area (Å²) in [6.45, 7) is 7.13. The highest BCUT2D eigenvalue weighted by molar-refractivity contribution is 4.58. The van der Waals surface area contributed by atoms with E-state index in [2.05, 4.69) is 5.32 Å². The van der Waals surface area contributed by atoms with Gasteiger partial charge in [0.05, 0.1) is 18.3 Å². The molecule has 0 amide bonds. The molecular weight excluding hydrogens is 208 g/mol. The predicted octanol–water partition coefficient (Wildman–Crippen LogP) is -0.734. The molecule has 0 radical (unpaired) electrons. The second kappa shape index (κ2) is 11.3. The fourth-order valence-electron chi connectivity index (χ4n) is 1.27. The van der Waals surface area contributed by atoms with Crippen LogP contribution in [-0.2, 0) is 0 Å². The fourth-order valence-corrected chi connectivity index (χ4v) is 1.27. The SMILES string of the molecule is CNC[C@@H](C)O.C[C@H](O)CN(C)C[C@@H](C)O. The molecule has 0 spiro atoms. The van der Waals surface area contributed by atoms with Gasteiger partial charge in [-0.15, -0.1) is 0 Å². The van der Waals surface area contributed by atoms with Crippen molar-refractivity contribution in [2.45, 2.75) is 39.1 Å². The zero-order valence-corrected chi connectivity index (χ0v) is 11.1. The van der Waals surface area contributed by atoms with Gasteiger partial charge < -0.3 is 25.5 Å². The van der Waals surface area contributed by atoms with Crippen molar-refractivity contribution in [3.63, 3.8) is 0 Å². The zero-order chi connectivity index (χ0) is 13.1. The van der Waals surface area contributed by atoms with E-state index in [0.29, 0.717) is 19.6 Å². The molecule has 0 aliphatic rings. The lowest BCUT2D eigenvalue weighted by molar-refractivity contribution is 0.0990. The maximum absolute atomic E-state index is 8.91. The lowest BCUT2D eigenvalue weighted by Gasteiger charge is -2.19. The first-order chi connectivity index (χ1) is 7.29. The highest BCUT2D eigenvalue weighted by Gasteiger charge is 2.04. The van der Waals surface area contributed by atoms with E-state index >= 15 is 0 Å². The van der Waals surface area contributed by atoms with Crippen LogP contribution < -0.4 is 5.32 Å². The Bertz CT molecular complexity index is 131. The Hall–Kier alpha value is -0.200. The van der Waals surface area contributed by atoms with E-state index in [1.807, 2.05) is 19.0 Å². The molecule has 0 aliphatic heterocycles. The topological polar surface area (TPSA) is 76.0 Å². The van der Waals surface area contributed by atoms with Crippen LogP contribution in [0.4, 0.5) is 0 Å². The summed E-state index contributed by atoms with van der Waals surface area (Å²) in [7, 11) is 3.69. The molecule has 5 heteroatoms. The lowest BCUT2D eigenvalue weighted by Crippen LogP contribution is -2.32. The number of nitrogens with one attached hydrogen (secondary N) is 1. The van der Waals surface area contributed by atoms with Gasteiger partial charge in [0.25, 0.3) is 0 Å². The van der Waals surface area contributed by atoms with E-state index in [1.54, 1.807) is 20.8 Å². The Morgan fingerprint density at radius 3 is 1.44 bits per heavy atom. The van der Waals surface area contributed by atoms with Crippen LogP contribution in [0.1, 0.15) is 20.8 Å². The van der Waals surface area contributed by atoms with Gasteiger partial charge >= 0.3 is 0 Å². The molecule has 100 valence electrons. The molecule has 0 saturated heterocycles. The first-order valence-electron chi connectivity index (χ1n) is 5.66. The number of hydrogen-bond acceptors (Lipinski definition) is 5. The summed E-state index contributed by atoms with van der Waals surface area (Å²) in [6, 6.07) is 0. The third-order valence-electron chi connectivity index (χ3n) is 1.65. The molecule has 0 aromatic carbocycles. The van der Waals surface area contributed by atoms with Crippen molar-refractivity contribution in [1.82, 2.24) is 10.2 Å². The quantitative estimate of drug-likeness (QED) is 0.489. The van der Waals surface area contributed by atoms with Gasteiger partial charge in [-0.1, -0.05) is 0 Å². The smallest absolute Gasteiger partial charge is 0.0638 e. The van der Waals surface area contributed by atoms with E-state index in [0.717, 1.165) is 0 Å². The maximum atomic E-state index is 8.91. The number of nitrogens with zero attached hydrogens (tertiary/aromatic N) is 1. The predicted molar refractivity (Wildman–Crippen MR) is 66.5 cm³/mol. The molecule has 0 aliphatic carbocycles. The Morgan fingerprint density at radius 2 is 1.31 bits per heavy atom. The van der Waals surface area contributed by atoms with Gasteiger partial charge in [-0.2, -0.15) is 0 Å². The first-order valence-corrected chi connectivity index (χ1v) is 5.66. The molecule has 0 aromatic heterocycles. The summed E-state index contributed by atoms with van der Waals surface area (Å²) >= 11 is 0. The normalized spacial score (nSPS) is 16.3. The molecule has 0 saturated carbocycles. The second-order valence-electron chi connectivity index (χ2n) is 4.33. The molecule has 16 heavy (non-hydrogen) atoms. The Balaban J connectivity index is 0. The third kappa shape index (κ3) is 19.4. The minimum atomic E-state index is -0.316. The van der Waals surface area contributed by atoms with Gasteiger partial charge in [0.15, 0.2) is 0 Å². The molecule has 0 unspecified atom stereocenters. The standard InChI is InChI=1S/C7H17NO2.C4H11NO/c1-6(9)4-8(3)5-7(2)10;1-4(6)3-5-2/h6-7,9-10H,4-5H2,1-3H3;4-6H,3H2,1-2H3/t6-,7+;4-/m.1/s1. The van der Waals surface area contributed by atoms with Crippen molar-refractivity contribution in [1.29, 1.82) is 0 Å². The van der Waals surface area contributed by atoms with Gasteiger partial charge in [-0.05, 0) is 34.9 Å². The average molecular weight is 236 g/mol. The van der Waals surface area contributed by atoms with Gasteiger partial charge in [0.1, 0.15) is 0 Å². The summed E-state index contributed by atoms with van der Waals surface area (Å²) in [4.78, 5) is 1.90. The van der Waals surface area contributed by atoms with Crippen LogP contribution in [0.5, 0.6) is 0 Å². The van der Waals surface area contributed by atoms with E-state index in [4.69, 9.17) is 15.3 Å². The van der Waals surface area contributed by atoms with Gasteiger partial charge in [0.2, 0.25) is 0 Å². The molecule has 4 N–H and O–H groups in total. The molecular formula is C11H28N2O3. The third-order valence-corrected chi connectivity index (χ3v) is 1.65. The van der Waals surface area contributed by atoms with E-state index in [-0.39, 0.29) is 18.3 Å². The first kappa shape index (κ1) is 18.2. The largest absolute Gasteiger partial charge is 0.392 e. The number of aliphatic hydroxyl groups excluding tert-OH is 3. The summed E-state index contributed by atoms with van der Waals surface area (Å²) in [5, 5.41) is 29.1. The van der Waals surface area contributed by atoms with Gasteiger partial charge in [-0.25, -0.2) is 0 Å². The Labute approximate surface area is 99.1 Å². The zero-order valence-electron chi connectivity index (χ0n) is 11.1. The molecule has 5 nitrogen and oxygen atoms in total. The minimum Gasteiger partial charge on any atom is -0.392 e. The van der Waals surface area contributed by atoms with Crippen LogP contribution in [0.3, 0.4) is 0 Å². The summed E-state index contributed by atoms with van der Waals surface area (Å²) < 4.78 is 0. The number of hydrogen-bond donors (Lipinski definition) is 4. The van der Waals surface area contributed by atoms with Crippen molar-refractivity contribution < 1.29 is 15.3 Å². The van der Waals surface area contributed by atoms with Crippen LogP contribution in [0.2, 0.25) is 0 Å². The number of rotatable bonds is 6.